The monoisotopic (exact) mass is 292 g/mol. The summed E-state index contributed by atoms with van der Waals surface area (Å²) in [5.41, 5.74) is 0.713. The molecule has 2 atom stereocenters. The van der Waals surface area contributed by atoms with Crippen molar-refractivity contribution >= 4 is 17.5 Å². The van der Waals surface area contributed by atoms with Crippen LogP contribution >= 0.6 is 11.6 Å². The highest BCUT2D eigenvalue weighted by Crippen LogP contribution is 2.30. The molecule has 1 amide bonds. The Kier molecular flexibility index (Phi) is 3.99. The first-order chi connectivity index (χ1) is 9.66. The van der Waals surface area contributed by atoms with Crippen molar-refractivity contribution < 1.29 is 4.79 Å². The minimum Gasteiger partial charge on any atom is -0.334 e. The molecule has 2 heterocycles. The fourth-order valence-corrected chi connectivity index (χ4v) is 3.84. The number of hydrogen-bond donors (Lipinski definition) is 0. The third kappa shape index (κ3) is 2.57. The summed E-state index contributed by atoms with van der Waals surface area (Å²) in [4.78, 5) is 17.2. The van der Waals surface area contributed by atoms with Crippen LogP contribution in [0.3, 0.4) is 0 Å². The highest BCUT2D eigenvalue weighted by molar-refractivity contribution is 6.30. The number of benzene rings is 1. The molecule has 2 fully saturated rings. The Morgan fingerprint density at radius 3 is 2.65 bits per heavy atom. The van der Waals surface area contributed by atoms with E-state index in [1.165, 1.54) is 12.8 Å². The quantitative estimate of drug-likeness (QED) is 0.836. The number of nitrogens with zero attached hydrogens (tertiary/aromatic N) is 2. The van der Waals surface area contributed by atoms with Gasteiger partial charge in [0.05, 0.1) is 0 Å². The Labute approximate surface area is 125 Å². The van der Waals surface area contributed by atoms with Crippen LogP contribution in [-0.4, -0.2) is 47.9 Å². The average Bonchev–Trinajstić information content (AvgIpc) is 3.06. The fourth-order valence-electron chi connectivity index (χ4n) is 3.65. The Balaban J connectivity index is 1.79. The minimum atomic E-state index is 0.135. The number of carbonyl (C=O) groups excluding carboxylic acids is 1. The van der Waals surface area contributed by atoms with Crippen molar-refractivity contribution in [2.75, 3.05) is 20.1 Å². The van der Waals surface area contributed by atoms with Gasteiger partial charge in [0.1, 0.15) is 0 Å². The van der Waals surface area contributed by atoms with E-state index in [-0.39, 0.29) is 5.91 Å². The summed E-state index contributed by atoms with van der Waals surface area (Å²) in [6.45, 7) is 2.03. The van der Waals surface area contributed by atoms with E-state index in [1.54, 1.807) is 6.07 Å². The van der Waals surface area contributed by atoms with E-state index in [1.807, 2.05) is 18.2 Å². The van der Waals surface area contributed by atoms with E-state index < -0.39 is 0 Å². The lowest BCUT2D eigenvalue weighted by Crippen LogP contribution is -2.47. The van der Waals surface area contributed by atoms with Crippen LogP contribution < -0.4 is 0 Å². The van der Waals surface area contributed by atoms with Gasteiger partial charge in [-0.25, -0.2) is 0 Å². The first-order valence-electron chi connectivity index (χ1n) is 7.43. The molecule has 0 bridgehead atoms. The van der Waals surface area contributed by atoms with E-state index in [0.29, 0.717) is 22.7 Å². The molecule has 3 rings (SSSR count). The molecule has 2 saturated heterocycles. The van der Waals surface area contributed by atoms with Crippen molar-refractivity contribution in [2.24, 2.45) is 0 Å². The molecule has 3 nitrogen and oxygen atoms in total. The van der Waals surface area contributed by atoms with E-state index in [9.17, 15) is 4.79 Å². The molecule has 2 aliphatic rings. The van der Waals surface area contributed by atoms with Crippen LogP contribution in [0.5, 0.6) is 0 Å². The van der Waals surface area contributed by atoms with Crippen molar-refractivity contribution in [3.05, 3.63) is 34.9 Å². The number of halogens is 1. The molecule has 108 valence electrons. The van der Waals surface area contributed by atoms with Crippen molar-refractivity contribution in [3.8, 4) is 0 Å². The molecule has 20 heavy (non-hydrogen) atoms. The average molecular weight is 293 g/mol. The molecule has 2 unspecified atom stereocenters. The molecule has 2 aliphatic heterocycles. The molecule has 1 aromatic carbocycles. The van der Waals surface area contributed by atoms with Crippen LogP contribution in [-0.2, 0) is 0 Å². The van der Waals surface area contributed by atoms with Crippen molar-refractivity contribution in [1.82, 2.24) is 9.80 Å². The second kappa shape index (κ2) is 5.74. The maximum atomic E-state index is 12.7. The van der Waals surface area contributed by atoms with Crippen LogP contribution in [0.25, 0.3) is 0 Å². The van der Waals surface area contributed by atoms with Gasteiger partial charge in [-0.2, -0.15) is 0 Å². The topological polar surface area (TPSA) is 23.6 Å². The summed E-state index contributed by atoms with van der Waals surface area (Å²) < 4.78 is 0. The van der Waals surface area contributed by atoms with Crippen LogP contribution in [0, 0.1) is 0 Å². The zero-order valence-electron chi connectivity index (χ0n) is 11.9. The van der Waals surface area contributed by atoms with Crippen molar-refractivity contribution in [1.29, 1.82) is 0 Å². The molecule has 4 heteroatoms. The van der Waals surface area contributed by atoms with Gasteiger partial charge >= 0.3 is 0 Å². The SMILES string of the molecule is CN1CCCC1C1CCCN1C(=O)c1cccc(Cl)c1. The van der Waals surface area contributed by atoms with E-state index in [0.717, 1.165) is 25.9 Å². The zero-order valence-corrected chi connectivity index (χ0v) is 12.6. The Morgan fingerprint density at radius 2 is 1.95 bits per heavy atom. The van der Waals surface area contributed by atoms with Crippen molar-refractivity contribution in [2.45, 2.75) is 37.8 Å². The van der Waals surface area contributed by atoms with Crippen molar-refractivity contribution in [3.63, 3.8) is 0 Å². The lowest BCUT2D eigenvalue weighted by molar-refractivity contribution is 0.0664. The van der Waals surface area contributed by atoms with Gasteiger partial charge in [-0.05, 0) is 57.5 Å². The van der Waals surface area contributed by atoms with Gasteiger partial charge in [0.2, 0.25) is 0 Å². The Morgan fingerprint density at radius 1 is 1.20 bits per heavy atom. The number of hydrogen-bond acceptors (Lipinski definition) is 2. The first kappa shape index (κ1) is 13.9. The van der Waals surface area contributed by atoms with Gasteiger partial charge in [0.25, 0.3) is 5.91 Å². The molecular weight excluding hydrogens is 272 g/mol. The molecule has 0 aliphatic carbocycles. The molecule has 1 aromatic rings. The lowest BCUT2D eigenvalue weighted by Gasteiger charge is -2.33. The normalized spacial score (nSPS) is 27.2. The highest BCUT2D eigenvalue weighted by atomic mass is 35.5. The van der Waals surface area contributed by atoms with Crippen LogP contribution in [0.15, 0.2) is 24.3 Å². The highest BCUT2D eigenvalue weighted by Gasteiger charge is 2.38. The summed E-state index contributed by atoms with van der Waals surface area (Å²) >= 11 is 6.00. The summed E-state index contributed by atoms with van der Waals surface area (Å²) in [6, 6.07) is 8.20. The van der Waals surface area contributed by atoms with E-state index in [4.69, 9.17) is 11.6 Å². The number of likely N-dealkylation sites (N-methyl/N-ethyl adjacent to an activating group) is 1. The van der Waals surface area contributed by atoms with Crippen LogP contribution in [0.2, 0.25) is 5.02 Å². The predicted molar refractivity (Wildman–Crippen MR) is 81.2 cm³/mol. The summed E-state index contributed by atoms with van der Waals surface area (Å²) in [5.74, 6) is 0.135. The minimum absolute atomic E-state index is 0.135. The van der Waals surface area contributed by atoms with E-state index >= 15 is 0 Å². The third-order valence-corrected chi connectivity index (χ3v) is 4.89. The number of rotatable bonds is 2. The maximum absolute atomic E-state index is 12.7. The second-order valence-corrected chi connectivity index (χ2v) is 6.35. The molecule has 0 aromatic heterocycles. The second-order valence-electron chi connectivity index (χ2n) is 5.91. The molecule has 0 N–H and O–H groups in total. The summed E-state index contributed by atoms with van der Waals surface area (Å²) in [6.07, 6.45) is 4.69. The van der Waals surface area contributed by atoms with Gasteiger partial charge in [-0.15, -0.1) is 0 Å². The Bertz CT molecular complexity index is 505. The first-order valence-corrected chi connectivity index (χ1v) is 7.81. The number of amides is 1. The number of carbonyl (C=O) groups is 1. The van der Waals surface area contributed by atoms with Gasteiger partial charge in [0, 0.05) is 29.2 Å². The lowest BCUT2D eigenvalue weighted by atomic mass is 10.0. The van der Waals surface area contributed by atoms with Gasteiger partial charge in [-0.3, -0.25) is 4.79 Å². The summed E-state index contributed by atoms with van der Waals surface area (Å²) in [7, 11) is 2.18. The zero-order chi connectivity index (χ0) is 14.1. The number of likely N-dealkylation sites (tertiary alicyclic amines) is 2. The fraction of sp³-hybridized carbons (Fsp3) is 0.562. The third-order valence-electron chi connectivity index (χ3n) is 4.65. The summed E-state index contributed by atoms with van der Waals surface area (Å²) in [5, 5.41) is 0.629. The largest absolute Gasteiger partial charge is 0.334 e. The Hall–Kier alpha value is -1.06. The van der Waals surface area contributed by atoms with Gasteiger partial charge < -0.3 is 9.80 Å². The predicted octanol–water partition coefficient (Wildman–Crippen LogP) is 3.04. The standard InChI is InChI=1S/C16H21ClN2O/c1-18-9-3-7-14(18)15-8-4-10-19(15)16(20)12-5-2-6-13(17)11-12/h2,5-6,11,14-15H,3-4,7-10H2,1H3. The molecular formula is C16H21ClN2O. The van der Waals surface area contributed by atoms with Gasteiger partial charge in [-0.1, -0.05) is 17.7 Å². The molecule has 0 spiro atoms. The smallest absolute Gasteiger partial charge is 0.254 e. The molecule has 0 radical (unpaired) electrons. The van der Waals surface area contributed by atoms with Gasteiger partial charge in [0.15, 0.2) is 0 Å². The van der Waals surface area contributed by atoms with Crippen LogP contribution in [0.4, 0.5) is 0 Å². The molecule has 0 saturated carbocycles. The van der Waals surface area contributed by atoms with Crippen LogP contribution in [0.1, 0.15) is 36.0 Å². The maximum Gasteiger partial charge on any atom is 0.254 e. The van der Waals surface area contributed by atoms with E-state index in [2.05, 4.69) is 16.8 Å².